The summed E-state index contributed by atoms with van der Waals surface area (Å²) < 4.78 is 0. The van der Waals surface area contributed by atoms with Crippen LogP contribution in [-0.4, -0.2) is 28.1 Å². The van der Waals surface area contributed by atoms with Gasteiger partial charge in [-0.25, -0.2) is 9.59 Å². The Hall–Kier alpha value is -2.11. The number of carboxylic acids is 1. The lowest BCUT2D eigenvalue weighted by molar-refractivity contribution is -0.138. The Labute approximate surface area is 86.3 Å². The first-order chi connectivity index (χ1) is 7.04. The van der Waals surface area contributed by atoms with Gasteiger partial charge in [-0.05, 0) is 19.1 Å². The molecule has 1 aromatic heterocycles. The molecule has 1 aromatic rings. The number of nitrogens with zero attached hydrogens (tertiary/aromatic N) is 2. The second-order valence-electron chi connectivity index (χ2n) is 2.93. The highest BCUT2D eigenvalue weighted by molar-refractivity contribution is 5.96. The number of urea groups is 1. The molecule has 0 aliphatic heterocycles. The van der Waals surface area contributed by atoms with Crippen molar-refractivity contribution in [2.75, 3.05) is 4.90 Å². The molecule has 0 saturated heterocycles. The fraction of sp³-hybridized carbons (Fsp3) is 0.222. The Kier molecular flexibility index (Phi) is 3.22. The molecule has 0 radical (unpaired) electrons. The summed E-state index contributed by atoms with van der Waals surface area (Å²) in [7, 11) is 0. The van der Waals surface area contributed by atoms with E-state index in [1.165, 1.54) is 19.3 Å². The lowest BCUT2D eigenvalue weighted by atomic mass is 10.2. The number of primary amides is 1. The summed E-state index contributed by atoms with van der Waals surface area (Å²) in [6.45, 7) is 1.38. The number of aliphatic carboxylic acids is 1. The van der Waals surface area contributed by atoms with Crippen molar-refractivity contribution in [3.05, 3.63) is 24.5 Å². The molecule has 0 spiro atoms. The van der Waals surface area contributed by atoms with Crippen LogP contribution in [0, 0.1) is 0 Å². The molecule has 0 unspecified atom stereocenters. The van der Waals surface area contributed by atoms with Gasteiger partial charge in [0.25, 0.3) is 0 Å². The van der Waals surface area contributed by atoms with Gasteiger partial charge in [-0.1, -0.05) is 0 Å². The van der Waals surface area contributed by atoms with Crippen LogP contribution >= 0.6 is 0 Å². The van der Waals surface area contributed by atoms with Gasteiger partial charge in [0.05, 0.1) is 11.9 Å². The fourth-order valence-corrected chi connectivity index (χ4v) is 1.15. The molecule has 6 heteroatoms. The van der Waals surface area contributed by atoms with E-state index in [1.54, 1.807) is 12.1 Å². The molecule has 0 aromatic carbocycles. The van der Waals surface area contributed by atoms with Crippen molar-refractivity contribution in [1.29, 1.82) is 0 Å². The Morgan fingerprint density at radius 1 is 1.60 bits per heavy atom. The highest BCUT2D eigenvalue weighted by Crippen LogP contribution is 2.14. The highest BCUT2D eigenvalue weighted by atomic mass is 16.4. The van der Waals surface area contributed by atoms with Gasteiger partial charge in [0.2, 0.25) is 0 Å². The van der Waals surface area contributed by atoms with E-state index in [0.717, 1.165) is 4.90 Å². The number of nitrogens with two attached hydrogens (primary N) is 1. The second-order valence-corrected chi connectivity index (χ2v) is 2.93. The lowest BCUT2D eigenvalue weighted by Crippen LogP contribution is -2.46. The number of hydrogen-bond donors (Lipinski definition) is 2. The van der Waals surface area contributed by atoms with Crippen LogP contribution in [0.2, 0.25) is 0 Å². The second kappa shape index (κ2) is 4.41. The van der Waals surface area contributed by atoms with Crippen molar-refractivity contribution >= 4 is 17.7 Å². The summed E-state index contributed by atoms with van der Waals surface area (Å²) in [6.07, 6.45) is 2.90. The van der Waals surface area contributed by atoms with Gasteiger partial charge in [0.1, 0.15) is 6.04 Å². The van der Waals surface area contributed by atoms with Gasteiger partial charge >= 0.3 is 12.0 Å². The van der Waals surface area contributed by atoms with Gasteiger partial charge in [-0.3, -0.25) is 9.88 Å². The molecule has 0 fully saturated rings. The molecule has 0 aliphatic carbocycles. The minimum absolute atomic E-state index is 0.361. The van der Waals surface area contributed by atoms with E-state index in [1.807, 2.05) is 0 Å². The number of rotatable bonds is 3. The third-order valence-corrected chi connectivity index (χ3v) is 1.91. The number of aromatic nitrogens is 1. The largest absolute Gasteiger partial charge is 0.480 e. The molecule has 1 rings (SSSR count). The quantitative estimate of drug-likeness (QED) is 0.754. The van der Waals surface area contributed by atoms with Gasteiger partial charge in [0.15, 0.2) is 0 Å². The summed E-state index contributed by atoms with van der Waals surface area (Å²) in [5, 5.41) is 8.79. The zero-order chi connectivity index (χ0) is 11.4. The Bertz CT molecular complexity index is 366. The van der Waals surface area contributed by atoms with Crippen molar-refractivity contribution in [2.45, 2.75) is 13.0 Å². The van der Waals surface area contributed by atoms with Crippen LogP contribution in [0.1, 0.15) is 6.92 Å². The maximum Gasteiger partial charge on any atom is 0.326 e. The molecule has 6 nitrogen and oxygen atoms in total. The van der Waals surface area contributed by atoms with Crippen LogP contribution in [0.15, 0.2) is 24.5 Å². The predicted octanol–water partition coefficient (Wildman–Crippen LogP) is 0.440. The van der Waals surface area contributed by atoms with Gasteiger partial charge < -0.3 is 10.8 Å². The lowest BCUT2D eigenvalue weighted by Gasteiger charge is -2.23. The van der Waals surface area contributed by atoms with Crippen molar-refractivity contribution in [2.24, 2.45) is 5.73 Å². The first-order valence-corrected chi connectivity index (χ1v) is 4.25. The smallest absolute Gasteiger partial charge is 0.326 e. The summed E-state index contributed by atoms with van der Waals surface area (Å²) >= 11 is 0. The van der Waals surface area contributed by atoms with Crippen LogP contribution in [0.3, 0.4) is 0 Å². The standard InChI is InChI=1S/C9H11N3O3/c1-6(8(13)14)12(9(10)15)7-3-2-4-11-5-7/h2-6H,1H3,(H2,10,15)(H,13,14)/t6-/m0/s1. The van der Waals surface area contributed by atoms with E-state index in [2.05, 4.69) is 4.98 Å². The predicted molar refractivity (Wildman–Crippen MR) is 53.4 cm³/mol. The number of hydrogen-bond acceptors (Lipinski definition) is 3. The molecule has 1 heterocycles. The maximum atomic E-state index is 11.1. The Balaban J connectivity index is 3.04. The zero-order valence-electron chi connectivity index (χ0n) is 8.12. The van der Waals surface area contributed by atoms with E-state index in [-0.39, 0.29) is 0 Å². The summed E-state index contributed by atoms with van der Waals surface area (Å²) in [4.78, 5) is 26.6. The number of amides is 2. The Morgan fingerprint density at radius 3 is 2.67 bits per heavy atom. The van der Waals surface area contributed by atoms with Crippen molar-refractivity contribution in [1.82, 2.24) is 4.98 Å². The monoisotopic (exact) mass is 209 g/mol. The molecule has 0 saturated carbocycles. The molecule has 15 heavy (non-hydrogen) atoms. The SMILES string of the molecule is C[C@@H](C(=O)O)N(C(N)=O)c1cccnc1. The third-order valence-electron chi connectivity index (χ3n) is 1.91. The summed E-state index contributed by atoms with van der Waals surface area (Å²) in [6, 6.07) is 1.32. The van der Waals surface area contributed by atoms with Gasteiger partial charge in [0, 0.05) is 6.20 Å². The topological polar surface area (TPSA) is 96.5 Å². The van der Waals surface area contributed by atoms with Gasteiger partial charge in [-0.15, -0.1) is 0 Å². The number of carboxylic acid groups (broad SMARTS) is 1. The molecule has 0 bridgehead atoms. The first-order valence-electron chi connectivity index (χ1n) is 4.25. The summed E-state index contributed by atoms with van der Waals surface area (Å²) in [5.41, 5.74) is 5.46. The first kappa shape index (κ1) is 11.0. The third kappa shape index (κ3) is 2.43. The average molecular weight is 209 g/mol. The van der Waals surface area contributed by atoms with E-state index in [0.29, 0.717) is 5.69 Å². The van der Waals surface area contributed by atoms with E-state index in [4.69, 9.17) is 10.8 Å². The molecule has 2 amide bonds. The van der Waals surface area contributed by atoms with Crippen LogP contribution in [0.25, 0.3) is 0 Å². The molecule has 1 atom stereocenters. The fourth-order valence-electron chi connectivity index (χ4n) is 1.15. The maximum absolute atomic E-state index is 11.1. The average Bonchev–Trinajstić information content (AvgIpc) is 2.18. The van der Waals surface area contributed by atoms with Crippen LogP contribution in [0.5, 0.6) is 0 Å². The molecular formula is C9H11N3O3. The van der Waals surface area contributed by atoms with Crippen molar-refractivity contribution in [3.63, 3.8) is 0 Å². The number of carbonyl (C=O) groups excluding carboxylic acids is 1. The summed E-state index contributed by atoms with van der Waals surface area (Å²) in [5.74, 6) is -1.13. The number of carbonyl (C=O) groups is 2. The van der Waals surface area contributed by atoms with Crippen LogP contribution in [0.4, 0.5) is 10.5 Å². The van der Waals surface area contributed by atoms with Crippen molar-refractivity contribution < 1.29 is 14.7 Å². The number of pyridine rings is 1. The zero-order valence-corrected chi connectivity index (χ0v) is 8.12. The molecular weight excluding hydrogens is 198 g/mol. The van der Waals surface area contributed by atoms with E-state index in [9.17, 15) is 9.59 Å². The van der Waals surface area contributed by atoms with E-state index >= 15 is 0 Å². The minimum atomic E-state index is -1.13. The molecule has 80 valence electrons. The van der Waals surface area contributed by atoms with Gasteiger partial charge in [-0.2, -0.15) is 0 Å². The van der Waals surface area contributed by atoms with E-state index < -0.39 is 18.0 Å². The molecule has 3 N–H and O–H groups in total. The Morgan fingerprint density at radius 2 is 2.27 bits per heavy atom. The van der Waals surface area contributed by atoms with Crippen LogP contribution < -0.4 is 10.6 Å². The normalized spacial score (nSPS) is 11.8. The van der Waals surface area contributed by atoms with Crippen molar-refractivity contribution in [3.8, 4) is 0 Å². The number of anilines is 1. The van der Waals surface area contributed by atoms with Crippen LogP contribution in [-0.2, 0) is 4.79 Å². The highest BCUT2D eigenvalue weighted by Gasteiger charge is 2.25. The molecule has 0 aliphatic rings. The minimum Gasteiger partial charge on any atom is -0.480 e.